The van der Waals surface area contributed by atoms with Crippen molar-refractivity contribution in [1.82, 2.24) is 63.5 Å². The number of pyridine rings is 2. The molecule has 10 heterocycles. The summed E-state index contributed by atoms with van der Waals surface area (Å²) in [5.74, 6) is 3.72. The van der Waals surface area contributed by atoms with Crippen molar-refractivity contribution in [3.05, 3.63) is 100 Å². The maximum absolute atomic E-state index is 6.01. The Bertz CT molecular complexity index is 2580. The van der Waals surface area contributed by atoms with Crippen LogP contribution < -0.4 is 9.80 Å². The predicted molar refractivity (Wildman–Crippen MR) is 216 cm³/mol. The van der Waals surface area contributed by atoms with Gasteiger partial charge in [0.2, 0.25) is 0 Å². The van der Waals surface area contributed by atoms with Crippen molar-refractivity contribution in [2.75, 3.05) is 36.0 Å². The number of hydrogen-bond donors (Lipinski definition) is 0. The van der Waals surface area contributed by atoms with Crippen LogP contribution in [0.1, 0.15) is 24.5 Å². The van der Waals surface area contributed by atoms with Gasteiger partial charge >= 0.3 is 0 Å². The molecule has 2 aliphatic rings. The highest BCUT2D eigenvalue weighted by Crippen LogP contribution is 2.37. The van der Waals surface area contributed by atoms with Gasteiger partial charge < -0.3 is 9.80 Å². The van der Waals surface area contributed by atoms with Crippen LogP contribution in [0, 0.1) is 13.8 Å². The molecule has 18 heteroatoms. The number of aromatic nitrogens is 13. The number of nitrogens with zero attached hydrogens (tertiary/aromatic N) is 15. The monoisotopic (exact) mass is 839 g/mol. The molecule has 0 atom stereocenters. The lowest BCUT2D eigenvalue weighted by Gasteiger charge is -2.32. The predicted octanol–water partition coefficient (Wildman–Crippen LogP) is 6.90. The number of fused-ring (bicyclic) bond motifs is 2. The van der Waals surface area contributed by atoms with E-state index in [0.717, 1.165) is 99.0 Å². The topological polar surface area (TPSA) is 141 Å². The summed E-state index contributed by atoms with van der Waals surface area (Å²) < 4.78 is 8.38. The molecule has 0 saturated carbocycles. The Labute approximate surface area is 334 Å². The van der Waals surface area contributed by atoms with Gasteiger partial charge in [0.05, 0.1) is 39.4 Å². The van der Waals surface area contributed by atoms with Crippen molar-refractivity contribution in [2.45, 2.75) is 26.7 Å². The Kier molecular flexibility index (Phi) is 10.2. The number of rotatable bonds is 5. The number of imidazole rings is 2. The summed E-state index contributed by atoms with van der Waals surface area (Å²) in [5.41, 5.74) is 7.36. The van der Waals surface area contributed by atoms with Gasteiger partial charge in [-0.15, -0.1) is 0 Å². The van der Waals surface area contributed by atoms with Gasteiger partial charge in [-0.3, -0.25) is 18.7 Å². The van der Waals surface area contributed by atoms with E-state index in [9.17, 15) is 0 Å². The minimum atomic E-state index is 0.597. The summed E-state index contributed by atoms with van der Waals surface area (Å²) in [7, 11) is 3.82. The zero-order chi connectivity index (χ0) is 38.2. The SMILES string of the molecule is Cc1nc(-c2cnn(C)c2)c2c(N3CCC3)nccn12.Cc1nc(-c2cnn(C)c2-c2ccc(Cl)cn2)c2c(N3CCC3)ncnn12.Clc1ccc(Br)nc1. The highest BCUT2D eigenvalue weighted by atomic mass is 79.9. The average Bonchev–Trinajstić information content (AvgIpc) is 3.91. The van der Waals surface area contributed by atoms with E-state index in [1.54, 1.807) is 40.2 Å². The van der Waals surface area contributed by atoms with E-state index in [-0.39, 0.29) is 0 Å². The van der Waals surface area contributed by atoms with E-state index in [2.05, 4.69) is 65.4 Å². The molecule has 10 rings (SSSR count). The van der Waals surface area contributed by atoms with Crippen LogP contribution in [0.3, 0.4) is 0 Å². The number of aryl methyl sites for hydroxylation is 4. The summed E-state index contributed by atoms with van der Waals surface area (Å²) in [4.78, 5) is 31.5. The van der Waals surface area contributed by atoms with Crippen molar-refractivity contribution in [1.29, 1.82) is 0 Å². The molecule has 8 aromatic rings. The van der Waals surface area contributed by atoms with Gasteiger partial charge in [0.25, 0.3) is 0 Å². The van der Waals surface area contributed by atoms with E-state index in [0.29, 0.717) is 10.0 Å². The maximum Gasteiger partial charge on any atom is 0.158 e. The summed E-state index contributed by atoms with van der Waals surface area (Å²) in [6.45, 7) is 8.10. The molecule has 0 radical (unpaired) electrons. The molecular weight excluding hydrogens is 805 g/mol. The van der Waals surface area contributed by atoms with Crippen molar-refractivity contribution in [3.63, 3.8) is 0 Å². The van der Waals surface area contributed by atoms with E-state index < -0.39 is 0 Å². The smallest absolute Gasteiger partial charge is 0.158 e. The normalized spacial score (nSPS) is 13.6. The molecule has 280 valence electrons. The van der Waals surface area contributed by atoms with Crippen LogP contribution in [0.15, 0.2) is 78.6 Å². The Balaban J connectivity index is 0.000000133. The van der Waals surface area contributed by atoms with Gasteiger partial charge in [0.15, 0.2) is 11.6 Å². The lowest BCUT2D eigenvalue weighted by Crippen LogP contribution is -2.38. The molecule has 0 unspecified atom stereocenters. The summed E-state index contributed by atoms with van der Waals surface area (Å²) in [6, 6.07) is 7.29. The van der Waals surface area contributed by atoms with Crippen LogP contribution in [0.5, 0.6) is 0 Å². The summed E-state index contributed by atoms with van der Waals surface area (Å²) in [6.07, 6.45) is 16.7. The molecule has 15 nitrogen and oxygen atoms in total. The van der Waals surface area contributed by atoms with E-state index >= 15 is 0 Å². The first-order valence-electron chi connectivity index (χ1n) is 17.6. The van der Waals surface area contributed by atoms with Crippen molar-refractivity contribution < 1.29 is 0 Å². The van der Waals surface area contributed by atoms with Crippen LogP contribution in [-0.4, -0.2) is 89.7 Å². The highest BCUT2D eigenvalue weighted by Gasteiger charge is 2.27. The molecule has 55 heavy (non-hydrogen) atoms. The second-order valence-corrected chi connectivity index (χ2v) is 14.8. The molecule has 0 N–H and O–H groups in total. The molecule has 0 bridgehead atoms. The third kappa shape index (κ3) is 7.24. The second kappa shape index (κ2) is 15.4. The molecule has 0 aliphatic carbocycles. The van der Waals surface area contributed by atoms with Crippen LogP contribution in [0.2, 0.25) is 10.0 Å². The highest BCUT2D eigenvalue weighted by molar-refractivity contribution is 9.10. The van der Waals surface area contributed by atoms with Crippen LogP contribution in [0.25, 0.3) is 44.9 Å². The minimum absolute atomic E-state index is 0.597. The lowest BCUT2D eigenvalue weighted by atomic mass is 10.1. The first-order valence-corrected chi connectivity index (χ1v) is 19.2. The van der Waals surface area contributed by atoms with Crippen molar-refractivity contribution in [3.8, 4) is 33.9 Å². The first kappa shape index (κ1) is 36.5. The van der Waals surface area contributed by atoms with Crippen molar-refractivity contribution >= 4 is 61.8 Å². The second-order valence-electron chi connectivity index (χ2n) is 13.1. The zero-order valence-electron chi connectivity index (χ0n) is 30.5. The fraction of sp³-hybridized carbons (Fsp3) is 0.270. The van der Waals surface area contributed by atoms with E-state index in [1.165, 1.54) is 12.8 Å². The molecular formula is C37H36BrCl2N15. The summed E-state index contributed by atoms with van der Waals surface area (Å²) >= 11 is 14.7. The van der Waals surface area contributed by atoms with Gasteiger partial charge in [0, 0.05) is 76.8 Å². The Hall–Kier alpha value is -5.45. The zero-order valence-corrected chi connectivity index (χ0v) is 33.6. The Morgan fingerprint density at radius 3 is 1.98 bits per heavy atom. The third-order valence-corrected chi connectivity index (χ3v) is 10.3. The molecule has 2 saturated heterocycles. The van der Waals surface area contributed by atoms with Gasteiger partial charge in [-0.1, -0.05) is 23.2 Å². The third-order valence-electron chi connectivity index (χ3n) is 9.43. The minimum Gasteiger partial charge on any atom is -0.355 e. The quantitative estimate of drug-likeness (QED) is 0.167. The van der Waals surface area contributed by atoms with E-state index in [1.807, 2.05) is 75.6 Å². The Morgan fingerprint density at radius 2 is 1.38 bits per heavy atom. The summed E-state index contributed by atoms with van der Waals surface area (Å²) in [5, 5.41) is 14.4. The van der Waals surface area contributed by atoms with Crippen molar-refractivity contribution in [2.24, 2.45) is 14.1 Å². The standard InChI is InChI=1S/C18H17ClN8.C14H16N6.C5H3BrClN/c1-11-24-15(17-18(26-6-3-7-26)21-10-23-27(11)17)13-9-22-25(2)16(13)14-5-4-12(19)8-20-14;1-10-17-12(11-8-16-18(2)9-11)13-14(19-5-3-6-19)15-4-7-20(10)13;6-5-2-1-4(7)3-8-5/h4-5,8-10H,3,6-7H2,1-2H3;4,7-9H,3,5-6H2,1-2H3;1-3H. The van der Waals surface area contributed by atoms with Gasteiger partial charge in [-0.05, 0) is 66.9 Å². The molecule has 2 aliphatic heterocycles. The van der Waals surface area contributed by atoms with Gasteiger partial charge in [-0.2, -0.15) is 15.3 Å². The average molecular weight is 842 g/mol. The van der Waals surface area contributed by atoms with Gasteiger partial charge in [0.1, 0.15) is 45.0 Å². The number of hydrogen-bond acceptors (Lipinski definition) is 11. The first-order chi connectivity index (χ1) is 26.7. The number of halogens is 3. The molecule has 0 spiro atoms. The lowest BCUT2D eigenvalue weighted by molar-refractivity contribution is 0.608. The fourth-order valence-electron chi connectivity index (χ4n) is 6.47. The number of anilines is 2. The molecule has 2 fully saturated rings. The molecule has 0 aromatic carbocycles. The fourth-order valence-corrected chi connectivity index (χ4v) is 6.93. The molecule has 8 aromatic heterocycles. The van der Waals surface area contributed by atoms with Crippen LogP contribution in [-0.2, 0) is 14.1 Å². The van der Waals surface area contributed by atoms with E-state index in [4.69, 9.17) is 33.2 Å². The van der Waals surface area contributed by atoms with Crippen LogP contribution >= 0.6 is 39.1 Å². The maximum atomic E-state index is 6.01. The largest absolute Gasteiger partial charge is 0.355 e. The Morgan fingerprint density at radius 1 is 0.691 bits per heavy atom. The van der Waals surface area contributed by atoms with Crippen LogP contribution in [0.4, 0.5) is 11.6 Å². The molecule has 0 amide bonds. The van der Waals surface area contributed by atoms with Gasteiger partial charge in [-0.25, -0.2) is 29.4 Å².